The molecule has 0 spiro atoms. The van der Waals surface area contributed by atoms with E-state index in [2.05, 4.69) is 10.6 Å². The second-order valence-electron chi connectivity index (χ2n) is 5.98. The lowest BCUT2D eigenvalue weighted by atomic mass is 9.94. The van der Waals surface area contributed by atoms with Crippen LogP contribution in [0.1, 0.15) is 27.7 Å². The Kier molecular flexibility index (Phi) is 5.67. The minimum absolute atomic E-state index is 0.0410. The van der Waals surface area contributed by atoms with E-state index in [0.717, 1.165) is 0 Å². The summed E-state index contributed by atoms with van der Waals surface area (Å²) in [5, 5.41) is 5.97. The van der Waals surface area contributed by atoms with Crippen LogP contribution in [0, 0.1) is 5.41 Å². The van der Waals surface area contributed by atoms with Gasteiger partial charge in [0.25, 0.3) is 0 Å². The molecular formula is C13H25N3O2S. The fourth-order valence-corrected chi connectivity index (χ4v) is 2.92. The quantitative estimate of drug-likeness (QED) is 0.797. The molecule has 0 aliphatic carbocycles. The van der Waals surface area contributed by atoms with Gasteiger partial charge in [0.15, 0.2) is 0 Å². The monoisotopic (exact) mass is 287 g/mol. The Morgan fingerprint density at radius 3 is 2.58 bits per heavy atom. The topological polar surface area (TPSA) is 61.4 Å². The average molecular weight is 287 g/mol. The van der Waals surface area contributed by atoms with Gasteiger partial charge in [-0.15, -0.1) is 11.8 Å². The predicted octanol–water partition coefficient (Wildman–Crippen LogP) is 0.658. The molecule has 1 saturated heterocycles. The molecule has 6 heteroatoms. The van der Waals surface area contributed by atoms with Crippen molar-refractivity contribution in [2.24, 2.45) is 5.41 Å². The van der Waals surface area contributed by atoms with E-state index < -0.39 is 5.41 Å². The highest BCUT2D eigenvalue weighted by atomic mass is 32.2. The highest BCUT2D eigenvalue weighted by Crippen LogP contribution is 2.27. The van der Waals surface area contributed by atoms with Crippen LogP contribution in [0.15, 0.2) is 0 Å². The molecule has 2 atom stereocenters. The van der Waals surface area contributed by atoms with Crippen LogP contribution in [0.25, 0.3) is 0 Å². The molecular weight excluding hydrogens is 262 g/mol. The summed E-state index contributed by atoms with van der Waals surface area (Å²) >= 11 is 1.63. The summed E-state index contributed by atoms with van der Waals surface area (Å²) in [6.07, 6.45) is 0. The number of amides is 2. The largest absolute Gasteiger partial charge is 0.353 e. The van der Waals surface area contributed by atoms with Crippen molar-refractivity contribution in [3.8, 4) is 0 Å². The van der Waals surface area contributed by atoms with Gasteiger partial charge < -0.3 is 15.5 Å². The smallest absolute Gasteiger partial charge is 0.243 e. The molecule has 5 nitrogen and oxygen atoms in total. The standard InChI is InChI=1S/C13H25N3O2S/c1-9(14-5)6-15-11(17)10-7-19-8-16(10)12(18)13(2,3)4/h9-10,14H,6-8H2,1-5H3,(H,15,17). The lowest BCUT2D eigenvalue weighted by Crippen LogP contribution is -2.51. The van der Waals surface area contributed by atoms with Gasteiger partial charge in [-0.1, -0.05) is 20.8 Å². The summed E-state index contributed by atoms with van der Waals surface area (Å²) in [7, 11) is 1.86. The molecule has 0 aromatic carbocycles. The Hall–Kier alpha value is -0.750. The molecule has 1 rings (SSSR count). The van der Waals surface area contributed by atoms with Crippen molar-refractivity contribution in [3.05, 3.63) is 0 Å². The molecule has 19 heavy (non-hydrogen) atoms. The maximum atomic E-state index is 12.3. The van der Waals surface area contributed by atoms with Crippen LogP contribution < -0.4 is 10.6 Å². The third-order valence-corrected chi connectivity index (χ3v) is 4.17. The van der Waals surface area contributed by atoms with Crippen molar-refractivity contribution in [2.75, 3.05) is 25.2 Å². The van der Waals surface area contributed by atoms with Gasteiger partial charge in [0.1, 0.15) is 6.04 Å². The number of carbonyl (C=O) groups excluding carboxylic acids is 2. The summed E-state index contributed by atoms with van der Waals surface area (Å²) in [4.78, 5) is 26.2. The molecule has 1 aliphatic rings. The van der Waals surface area contributed by atoms with Crippen LogP contribution in [0.4, 0.5) is 0 Å². The summed E-state index contributed by atoms with van der Waals surface area (Å²) < 4.78 is 0. The zero-order valence-corrected chi connectivity index (χ0v) is 13.3. The van der Waals surface area contributed by atoms with Crippen LogP contribution >= 0.6 is 11.8 Å². The first kappa shape index (κ1) is 16.3. The van der Waals surface area contributed by atoms with Gasteiger partial charge in [-0.3, -0.25) is 9.59 Å². The normalized spacial score (nSPS) is 21.3. The molecule has 0 aromatic heterocycles. The zero-order valence-electron chi connectivity index (χ0n) is 12.4. The first-order valence-electron chi connectivity index (χ1n) is 6.61. The van der Waals surface area contributed by atoms with E-state index >= 15 is 0 Å². The SMILES string of the molecule is CNC(C)CNC(=O)C1CSCN1C(=O)C(C)(C)C. The maximum absolute atomic E-state index is 12.3. The zero-order chi connectivity index (χ0) is 14.6. The molecule has 0 saturated carbocycles. The Bertz CT molecular complexity index is 341. The molecule has 2 N–H and O–H groups in total. The predicted molar refractivity (Wildman–Crippen MR) is 78.9 cm³/mol. The maximum Gasteiger partial charge on any atom is 0.243 e. The van der Waals surface area contributed by atoms with Gasteiger partial charge in [0.05, 0.1) is 5.88 Å². The van der Waals surface area contributed by atoms with E-state index in [1.807, 2.05) is 34.7 Å². The van der Waals surface area contributed by atoms with Crippen molar-refractivity contribution in [1.29, 1.82) is 0 Å². The van der Waals surface area contributed by atoms with Crippen molar-refractivity contribution in [3.63, 3.8) is 0 Å². The Morgan fingerprint density at radius 2 is 2.05 bits per heavy atom. The van der Waals surface area contributed by atoms with E-state index in [-0.39, 0.29) is 23.9 Å². The molecule has 0 radical (unpaired) electrons. The lowest BCUT2D eigenvalue weighted by molar-refractivity contribution is -0.144. The minimum Gasteiger partial charge on any atom is -0.353 e. The number of likely N-dealkylation sites (N-methyl/N-ethyl adjacent to an activating group) is 1. The summed E-state index contributed by atoms with van der Waals surface area (Å²) in [6.45, 7) is 8.24. The van der Waals surface area contributed by atoms with Crippen LogP contribution in [-0.2, 0) is 9.59 Å². The molecule has 0 bridgehead atoms. The Balaban J connectivity index is 2.61. The van der Waals surface area contributed by atoms with Gasteiger partial charge in [-0.05, 0) is 14.0 Å². The van der Waals surface area contributed by atoms with E-state index in [0.29, 0.717) is 18.2 Å². The van der Waals surface area contributed by atoms with Crippen LogP contribution in [0.5, 0.6) is 0 Å². The van der Waals surface area contributed by atoms with Crippen molar-refractivity contribution in [1.82, 2.24) is 15.5 Å². The fraction of sp³-hybridized carbons (Fsp3) is 0.846. The molecule has 2 unspecified atom stereocenters. The van der Waals surface area contributed by atoms with Gasteiger partial charge in [0, 0.05) is 23.8 Å². The average Bonchev–Trinajstić information content (AvgIpc) is 2.82. The van der Waals surface area contributed by atoms with E-state index in [1.54, 1.807) is 16.7 Å². The molecule has 1 fully saturated rings. The van der Waals surface area contributed by atoms with Gasteiger partial charge in [-0.25, -0.2) is 0 Å². The van der Waals surface area contributed by atoms with Gasteiger partial charge in [0.2, 0.25) is 11.8 Å². The highest BCUT2D eigenvalue weighted by molar-refractivity contribution is 7.99. The second kappa shape index (κ2) is 6.61. The third kappa shape index (κ3) is 4.38. The van der Waals surface area contributed by atoms with E-state index in [1.165, 1.54) is 0 Å². The number of carbonyl (C=O) groups is 2. The number of nitrogens with one attached hydrogen (secondary N) is 2. The summed E-state index contributed by atoms with van der Waals surface area (Å²) in [5.41, 5.74) is -0.443. The molecule has 1 aliphatic heterocycles. The van der Waals surface area contributed by atoms with Gasteiger partial charge >= 0.3 is 0 Å². The first-order chi connectivity index (χ1) is 8.77. The number of hydrogen-bond donors (Lipinski definition) is 2. The van der Waals surface area contributed by atoms with Crippen molar-refractivity contribution < 1.29 is 9.59 Å². The number of rotatable bonds is 4. The fourth-order valence-electron chi connectivity index (χ4n) is 1.76. The van der Waals surface area contributed by atoms with E-state index in [4.69, 9.17) is 0 Å². The Labute approximate surface area is 119 Å². The summed E-state index contributed by atoms with van der Waals surface area (Å²) in [6, 6.07) is -0.106. The second-order valence-corrected chi connectivity index (χ2v) is 6.98. The minimum atomic E-state index is -0.443. The summed E-state index contributed by atoms with van der Waals surface area (Å²) in [5.74, 6) is 1.28. The number of hydrogen-bond acceptors (Lipinski definition) is 4. The molecule has 1 heterocycles. The van der Waals surface area contributed by atoms with Crippen LogP contribution in [-0.4, -0.2) is 54.0 Å². The van der Waals surface area contributed by atoms with Crippen LogP contribution in [0.3, 0.4) is 0 Å². The van der Waals surface area contributed by atoms with Crippen molar-refractivity contribution in [2.45, 2.75) is 39.8 Å². The van der Waals surface area contributed by atoms with Crippen molar-refractivity contribution >= 4 is 23.6 Å². The first-order valence-corrected chi connectivity index (χ1v) is 7.76. The number of nitrogens with zero attached hydrogens (tertiary/aromatic N) is 1. The molecule has 110 valence electrons. The number of thioether (sulfide) groups is 1. The Morgan fingerprint density at radius 1 is 1.42 bits per heavy atom. The molecule has 2 amide bonds. The van der Waals surface area contributed by atoms with E-state index in [9.17, 15) is 9.59 Å². The van der Waals surface area contributed by atoms with Crippen LogP contribution in [0.2, 0.25) is 0 Å². The molecule has 0 aromatic rings. The third-order valence-electron chi connectivity index (χ3n) is 3.16. The lowest BCUT2D eigenvalue weighted by Gasteiger charge is -2.29. The highest BCUT2D eigenvalue weighted by Gasteiger charge is 2.38. The van der Waals surface area contributed by atoms with Gasteiger partial charge in [-0.2, -0.15) is 0 Å².